The molecule has 0 atom stereocenters. The van der Waals surface area contributed by atoms with Crippen LogP contribution in [0.3, 0.4) is 0 Å². The normalized spacial score (nSPS) is 20.0. The third-order valence-electron chi connectivity index (χ3n) is 6.21. The van der Waals surface area contributed by atoms with Crippen LogP contribution >= 0.6 is 11.9 Å². The van der Waals surface area contributed by atoms with Crippen molar-refractivity contribution in [1.29, 1.82) is 0 Å². The van der Waals surface area contributed by atoms with Gasteiger partial charge in [0, 0.05) is 50.1 Å². The summed E-state index contributed by atoms with van der Waals surface area (Å²) in [5.74, 6) is 0.909. The molecule has 2 aliphatic rings. The number of amides is 1. The molecular formula is C22H34FN3O2S. The van der Waals surface area contributed by atoms with E-state index >= 15 is 0 Å². The number of nitrogens with one attached hydrogen (secondary N) is 1. The van der Waals surface area contributed by atoms with Gasteiger partial charge in [-0.05, 0) is 37.8 Å². The van der Waals surface area contributed by atoms with Crippen molar-refractivity contribution in [2.75, 3.05) is 45.6 Å². The fourth-order valence-electron chi connectivity index (χ4n) is 4.65. The second-order valence-electron chi connectivity index (χ2n) is 8.16. The van der Waals surface area contributed by atoms with E-state index in [1.165, 1.54) is 44.3 Å². The first-order valence-electron chi connectivity index (χ1n) is 10.7. The number of halogens is 1. The average Bonchev–Trinajstić information content (AvgIpc) is 3.20. The van der Waals surface area contributed by atoms with Crippen molar-refractivity contribution in [3.63, 3.8) is 0 Å². The smallest absolute Gasteiger partial charge is 0.255 e. The number of hydrogen-bond donors (Lipinski definition) is 1. The van der Waals surface area contributed by atoms with Crippen molar-refractivity contribution >= 4 is 17.9 Å². The number of carbonyl (C=O) groups excluding carboxylic acids is 1. The summed E-state index contributed by atoms with van der Waals surface area (Å²) >= 11 is 1.96. The van der Waals surface area contributed by atoms with Gasteiger partial charge in [0.15, 0.2) is 0 Å². The molecule has 2 fully saturated rings. The summed E-state index contributed by atoms with van der Waals surface area (Å²) in [6.45, 7) is 8.84. The zero-order valence-corrected chi connectivity index (χ0v) is 18.7. The fraction of sp³-hybridized carbons (Fsp3) is 0.682. The van der Waals surface area contributed by atoms with Crippen LogP contribution in [-0.4, -0.2) is 66.2 Å². The Balaban J connectivity index is 1.65. The van der Waals surface area contributed by atoms with Crippen LogP contribution in [0.15, 0.2) is 12.1 Å². The van der Waals surface area contributed by atoms with E-state index in [4.69, 9.17) is 4.74 Å². The van der Waals surface area contributed by atoms with Crippen LogP contribution in [0.4, 0.5) is 4.39 Å². The lowest BCUT2D eigenvalue weighted by Gasteiger charge is -2.46. The Labute approximate surface area is 178 Å². The summed E-state index contributed by atoms with van der Waals surface area (Å²) in [5, 5.41) is 3.16. The lowest BCUT2D eigenvalue weighted by Crippen LogP contribution is -2.59. The number of aryl methyl sites for hydroxylation is 1. The molecule has 1 aliphatic heterocycles. The largest absolute Gasteiger partial charge is 0.496 e. The Hall–Kier alpha value is -1.31. The van der Waals surface area contributed by atoms with E-state index in [0.717, 1.165) is 39.0 Å². The van der Waals surface area contributed by atoms with Crippen LogP contribution in [0.25, 0.3) is 0 Å². The summed E-state index contributed by atoms with van der Waals surface area (Å²) < 4.78 is 21.4. The number of piperazine rings is 1. The van der Waals surface area contributed by atoms with Crippen molar-refractivity contribution < 1.29 is 13.9 Å². The van der Waals surface area contributed by atoms with Gasteiger partial charge in [-0.15, -0.1) is 0 Å². The minimum absolute atomic E-state index is 0.0400. The molecule has 1 N–H and O–H groups in total. The number of hydrogen-bond acceptors (Lipinski definition) is 5. The first-order chi connectivity index (χ1) is 14.0. The summed E-state index contributed by atoms with van der Waals surface area (Å²) in [5.41, 5.74) is 1.07. The van der Waals surface area contributed by atoms with Crippen molar-refractivity contribution in [1.82, 2.24) is 14.5 Å². The molecule has 1 saturated heterocycles. The maximum Gasteiger partial charge on any atom is 0.255 e. The predicted octanol–water partition coefficient (Wildman–Crippen LogP) is 3.86. The van der Waals surface area contributed by atoms with E-state index in [9.17, 15) is 9.18 Å². The summed E-state index contributed by atoms with van der Waals surface area (Å²) in [6, 6.07) is 2.66. The molecule has 5 nitrogen and oxygen atoms in total. The molecule has 162 valence electrons. The Bertz CT molecular complexity index is 702. The van der Waals surface area contributed by atoms with Gasteiger partial charge in [0.2, 0.25) is 0 Å². The van der Waals surface area contributed by atoms with Gasteiger partial charge in [0.1, 0.15) is 11.6 Å². The number of benzene rings is 1. The van der Waals surface area contributed by atoms with Gasteiger partial charge in [-0.2, -0.15) is 0 Å². The number of rotatable bonds is 8. The molecule has 0 bridgehead atoms. The van der Waals surface area contributed by atoms with Gasteiger partial charge in [-0.1, -0.05) is 31.7 Å². The molecule has 3 rings (SSSR count). The molecule has 1 aromatic rings. The molecule has 0 aromatic heterocycles. The molecular weight excluding hydrogens is 389 g/mol. The van der Waals surface area contributed by atoms with Crippen LogP contribution in [0.2, 0.25) is 0 Å². The lowest BCUT2D eigenvalue weighted by molar-refractivity contribution is 0.0559. The molecule has 1 saturated carbocycles. The van der Waals surface area contributed by atoms with E-state index in [1.807, 2.05) is 11.9 Å². The van der Waals surface area contributed by atoms with Crippen molar-refractivity contribution in [2.24, 2.45) is 0 Å². The topological polar surface area (TPSA) is 44.8 Å². The van der Waals surface area contributed by atoms with Gasteiger partial charge in [-0.25, -0.2) is 8.70 Å². The fourth-order valence-corrected chi connectivity index (χ4v) is 5.51. The SMILES string of the molecule is CCCSN1CCN(C2(CNC(=O)c3c(C)cc(F)cc3OC)CCCC2)CC1. The first-order valence-corrected chi connectivity index (χ1v) is 11.7. The lowest BCUT2D eigenvalue weighted by atomic mass is 9.93. The molecule has 1 heterocycles. The minimum atomic E-state index is -0.387. The highest BCUT2D eigenvalue weighted by Gasteiger charge is 2.41. The molecule has 0 unspecified atom stereocenters. The van der Waals surface area contributed by atoms with E-state index in [0.29, 0.717) is 23.4 Å². The third-order valence-corrected chi connectivity index (χ3v) is 7.53. The van der Waals surface area contributed by atoms with Crippen LogP contribution in [0, 0.1) is 12.7 Å². The molecule has 1 aliphatic carbocycles. The Kier molecular flexibility index (Phi) is 7.82. The van der Waals surface area contributed by atoms with Gasteiger partial charge >= 0.3 is 0 Å². The van der Waals surface area contributed by atoms with E-state index in [-0.39, 0.29) is 17.3 Å². The van der Waals surface area contributed by atoms with Gasteiger partial charge in [0.25, 0.3) is 5.91 Å². The Morgan fingerprint density at radius 3 is 2.55 bits per heavy atom. The Morgan fingerprint density at radius 1 is 1.24 bits per heavy atom. The molecule has 0 spiro atoms. The van der Waals surface area contributed by atoms with Crippen molar-refractivity contribution in [2.45, 2.75) is 51.5 Å². The van der Waals surface area contributed by atoms with Gasteiger partial charge < -0.3 is 10.1 Å². The zero-order chi connectivity index (χ0) is 20.9. The number of nitrogens with zero attached hydrogens (tertiary/aromatic N) is 2. The molecule has 0 radical (unpaired) electrons. The first kappa shape index (κ1) is 22.4. The molecule has 1 amide bonds. The summed E-state index contributed by atoms with van der Waals surface area (Å²) in [4.78, 5) is 15.6. The van der Waals surface area contributed by atoms with Crippen molar-refractivity contribution in [3.8, 4) is 5.75 Å². The van der Waals surface area contributed by atoms with Crippen molar-refractivity contribution in [3.05, 3.63) is 29.1 Å². The van der Waals surface area contributed by atoms with E-state index in [1.54, 1.807) is 6.92 Å². The quantitative estimate of drug-likeness (QED) is 0.643. The minimum Gasteiger partial charge on any atom is -0.496 e. The number of carbonyl (C=O) groups is 1. The molecule has 29 heavy (non-hydrogen) atoms. The third kappa shape index (κ3) is 5.25. The maximum absolute atomic E-state index is 13.7. The highest BCUT2D eigenvalue weighted by Crippen LogP contribution is 2.36. The molecule has 7 heteroatoms. The average molecular weight is 424 g/mol. The highest BCUT2D eigenvalue weighted by atomic mass is 32.2. The van der Waals surface area contributed by atoms with Crippen LogP contribution in [0.5, 0.6) is 5.75 Å². The van der Waals surface area contributed by atoms with Gasteiger partial charge in [-0.3, -0.25) is 9.69 Å². The van der Waals surface area contributed by atoms with Crippen LogP contribution < -0.4 is 10.1 Å². The number of ether oxygens (including phenoxy) is 1. The summed E-state index contributed by atoms with van der Waals surface area (Å²) in [6.07, 6.45) is 5.86. The van der Waals surface area contributed by atoms with E-state index in [2.05, 4.69) is 21.4 Å². The van der Waals surface area contributed by atoms with Gasteiger partial charge in [0.05, 0.1) is 12.7 Å². The zero-order valence-electron chi connectivity index (χ0n) is 17.9. The second kappa shape index (κ2) is 10.1. The van der Waals surface area contributed by atoms with Crippen LogP contribution in [0.1, 0.15) is 54.9 Å². The Morgan fingerprint density at radius 2 is 1.93 bits per heavy atom. The number of methoxy groups -OCH3 is 1. The standard InChI is InChI=1S/C22H34FN3O2S/c1-4-13-29-26-11-9-25(10-12-26)22(7-5-6-8-22)16-24-21(27)20-17(2)14-18(23)15-19(20)28-3/h14-15H,4-13,16H2,1-3H3,(H,24,27). The second-order valence-corrected chi connectivity index (χ2v) is 9.35. The predicted molar refractivity (Wildman–Crippen MR) is 117 cm³/mol. The monoisotopic (exact) mass is 423 g/mol. The van der Waals surface area contributed by atoms with E-state index < -0.39 is 0 Å². The summed E-state index contributed by atoms with van der Waals surface area (Å²) in [7, 11) is 1.47. The highest BCUT2D eigenvalue weighted by molar-refractivity contribution is 7.97. The maximum atomic E-state index is 13.7. The molecule has 1 aromatic carbocycles. The van der Waals surface area contributed by atoms with Crippen LogP contribution in [-0.2, 0) is 0 Å².